The fourth-order valence-electron chi connectivity index (χ4n) is 2.77. The van der Waals surface area contributed by atoms with Crippen LogP contribution >= 0.6 is 0 Å². The Morgan fingerprint density at radius 1 is 1.19 bits per heavy atom. The Morgan fingerprint density at radius 3 is 2.59 bits per heavy atom. The first-order chi connectivity index (χ1) is 12.6. The molecule has 0 aliphatic carbocycles. The number of halogens is 4. The molecule has 0 saturated heterocycles. The zero-order valence-electron chi connectivity index (χ0n) is 14.5. The van der Waals surface area contributed by atoms with Crippen LogP contribution in [0, 0.1) is 19.7 Å². The summed E-state index contributed by atoms with van der Waals surface area (Å²) in [6.45, 7) is 1.51. The second-order valence-electron chi connectivity index (χ2n) is 6.06. The van der Waals surface area contributed by atoms with Crippen molar-refractivity contribution < 1.29 is 22.4 Å². The van der Waals surface area contributed by atoms with Gasteiger partial charge in [0.1, 0.15) is 18.9 Å². The van der Waals surface area contributed by atoms with Crippen molar-refractivity contribution in [1.82, 2.24) is 24.8 Å². The van der Waals surface area contributed by atoms with Crippen molar-refractivity contribution in [3.05, 3.63) is 53.1 Å². The molecule has 3 aromatic rings. The van der Waals surface area contributed by atoms with E-state index in [4.69, 9.17) is 0 Å². The minimum atomic E-state index is -4.39. The Kier molecular flexibility index (Phi) is 4.81. The van der Waals surface area contributed by atoms with Crippen molar-refractivity contribution in [2.75, 3.05) is 0 Å². The van der Waals surface area contributed by atoms with Crippen LogP contribution in [0.1, 0.15) is 21.7 Å². The number of aromatic nitrogens is 5. The zero-order valence-corrected chi connectivity index (χ0v) is 14.5. The minimum absolute atomic E-state index is 0.143. The van der Waals surface area contributed by atoms with Gasteiger partial charge in [-0.15, -0.1) is 10.2 Å². The van der Waals surface area contributed by atoms with Gasteiger partial charge in [-0.1, -0.05) is 12.1 Å². The van der Waals surface area contributed by atoms with Crippen LogP contribution in [-0.2, 0) is 13.1 Å². The van der Waals surface area contributed by atoms with Gasteiger partial charge >= 0.3 is 6.18 Å². The lowest BCUT2D eigenvalue weighted by Gasteiger charge is -2.12. The van der Waals surface area contributed by atoms with E-state index < -0.39 is 24.3 Å². The molecule has 0 radical (unpaired) electrons. The highest BCUT2D eigenvalue weighted by molar-refractivity contribution is 5.97. The van der Waals surface area contributed by atoms with Crippen LogP contribution in [0.3, 0.4) is 0 Å². The number of ketones is 1. The Hall–Kier alpha value is -3.04. The van der Waals surface area contributed by atoms with Gasteiger partial charge in [0.2, 0.25) is 5.82 Å². The van der Waals surface area contributed by atoms with E-state index in [1.165, 1.54) is 38.1 Å². The second kappa shape index (κ2) is 6.93. The topological polar surface area (TPSA) is 65.6 Å². The number of alkyl halides is 3. The number of benzene rings is 1. The van der Waals surface area contributed by atoms with Gasteiger partial charge in [0, 0.05) is 22.5 Å². The van der Waals surface area contributed by atoms with Gasteiger partial charge in [-0.3, -0.25) is 4.79 Å². The summed E-state index contributed by atoms with van der Waals surface area (Å²) in [5.41, 5.74) is 1.12. The van der Waals surface area contributed by atoms with E-state index in [1.54, 1.807) is 6.07 Å². The van der Waals surface area contributed by atoms with Crippen molar-refractivity contribution in [3.63, 3.8) is 0 Å². The van der Waals surface area contributed by atoms with E-state index in [0.29, 0.717) is 11.3 Å². The number of carbonyl (C=O) groups is 1. The van der Waals surface area contributed by atoms with E-state index in [2.05, 4.69) is 15.4 Å². The smallest absolute Gasteiger partial charge is 0.339 e. The molecule has 0 saturated carbocycles. The van der Waals surface area contributed by atoms with Crippen LogP contribution in [0.5, 0.6) is 0 Å². The fourth-order valence-corrected chi connectivity index (χ4v) is 2.77. The molecule has 27 heavy (non-hydrogen) atoms. The van der Waals surface area contributed by atoms with Crippen molar-refractivity contribution in [1.29, 1.82) is 0 Å². The Labute approximate surface area is 151 Å². The zero-order chi connectivity index (χ0) is 19.8. The van der Waals surface area contributed by atoms with Gasteiger partial charge in [0.05, 0.1) is 0 Å². The standard InChI is InChI=1S/C17H15F4N5O/c1-10-6-14(11(2)25(10)9-17(19,20)21)15(27)8-26-23-16(22-24-26)12-4-3-5-13(18)7-12/h3-7H,8-9H2,1-2H3. The Balaban J connectivity index is 1.80. The number of nitrogens with zero attached hydrogens (tertiary/aromatic N) is 5. The van der Waals surface area contributed by atoms with Crippen LogP contribution in [0.4, 0.5) is 17.6 Å². The van der Waals surface area contributed by atoms with Gasteiger partial charge < -0.3 is 4.57 Å². The molecule has 2 heterocycles. The molecule has 6 nitrogen and oxygen atoms in total. The second-order valence-corrected chi connectivity index (χ2v) is 6.06. The Bertz CT molecular complexity index is 990. The minimum Gasteiger partial charge on any atom is -0.339 e. The fraction of sp³-hybridized carbons (Fsp3) is 0.294. The molecule has 0 spiro atoms. The molecular weight excluding hydrogens is 366 g/mol. The van der Waals surface area contributed by atoms with Crippen LogP contribution in [-0.4, -0.2) is 36.7 Å². The molecular formula is C17H15F4N5O. The molecule has 0 N–H and O–H groups in total. The number of rotatable bonds is 5. The van der Waals surface area contributed by atoms with Gasteiger partial charge in [-0.2, -0.15) is 18.0 Å². The molecule has 142 valence electrons. The maximum absolute atomic E-state index is 13.3. The predicted molar refractivity (Wildman–Crippen MR) is 87.5 cm³/mol. The summed E-state index contributed by atoms with van der Waals surface area (Å²) in [5.74, 6) is -0.762. The number of aryl methyl sites for hydroxylation is 1. The van der Waals surface area contributed by atoms with E-state index in [1.807, 2.05) is 0 Å². The van der Waals surface area contributed by atoms with E-state index in [-0.39, 0.29) is 23.6 Å². The van der Waals surface area contributed by atoms with Crippen LogP contribution in [0.2, 0.25) is 0 Å². The average Bonchev–Trinajstić information content (AvgIpc) is 3.14. The van der Waals surface area contributed by atoms with Gasteiger partial charge in [-0.05, 0) is 37.3 Å². The lowest BCUT2D eigenvalue weighted by molar-refractivity contribution is -0.141. The molecule has 0 fully saturated rings. The highest BCUT2D eigenvalue weighted by atomic mass is 19.4. The first-order valence-electron chi connectivity index (χ1n) is 7.94. The van der Waals surface area contributed by atoms with E-state index >= 15 is 0 Å². The molecule has 1 aromatic carbocycles. The lowest BCUT2D eigenvalue weighted by atomic mass is 10.1. The van der Waals surface area contributed by atoms with Gasteiger partial charge in [-0.25, -0.2) is 4.39 Å². The Morgan fingerprint density at radius 2 is 1.93 bits per heavy atom. The summed E-state index contributed by atoms with van der Waals surface area (Å²) < 4.78 is 52.4. The highest BCUT2D eigenvalue weighted by Crippen LogP contribution is 2.23. The highest BCUT2D eigenvalue weighted by Gasteiger charge is 2.30. The molecule has 10 heteroatoms. The normalized spacial score (nSPS) is 11.8. The third-order valence-electron chi connectivity index (χ3n) is 4.03. The molecule has 0 atom stereocenters. The number of tetrazole rings is 1. The largest absolute Gasteiger partial charge is 0.406 e. The molecule has 3 rings (SSSR count). The van der Waals surface area contributed by atoms with E-state index in [0.717, 1.165) is 9.36 Å². The van der Waals surface area contributed by atoms with Crippen molar-refractivity contribution in [2.45, 2.75) is 33.1 Å². The summed E-state index contributed by atoms with van der Waals surface area (Å²) in [7, 11) is 0. The summed E-state index contributed by atoms with van der Waals surface area (Å²) in [6, 6.07) is 7.00. The maximum Gasteiger partial charge on any atom is 0.406 e. The summed E-state index contributed by atoms with van der Waals surface area (Å²) in [6.07, 6.45) is -4.39. The average molecular weight is 381 g/mol. The van der Waals surface area contributed by atoms with Crippen LogP contribution in [0.15, 0.2) is 30.3 Å². The van der Waals surface area contributed by atoms with Gasteiger partial charge in [0.25, 0.3) is 0 Å². The van der Waals surface area contributed by atoms with Crippen molar-refractivity contribution in [2.24, 2.45) is 0 Å². The first kappa shape index (κ1) is 18.7. The first-order valence-corrected chi connectivity index (χ1v) is 7.94. The number of carbonyl (C=O) groups excluding carboxylic acids is 1. The quantitative estimate of drug-likeness (QED) is 0.502. The third-order valence-corrected chi connectivity index (χ3v) is 4.03. The summed E-state index contributed by atoms with van der Waals surface area (Å²) in [5, 5.41) is 11.6. The monoisotopic (exact) mass is 381 g/mol. The number of hydrogen-bond acceptors (Lipinski definition) is 4. The molecule has 2 aromatic heterocycles. The van der Waals surface area contributed by atoms with E-state index in [9.17, 15) is 22.4 Å². The molecule has 0 aliphatic rings. The summed E-state index contributed by atoms with van der Waals surface area (Å²) >= 11 is 0. The molecule has 0 amide bonds. The van der Waals surface area contributed by atoms with Crippen molar-refractivity contribution >= 4 is 5.78 Å². The SMILES string of the molecule is Cc1cc(C(=O)Cn2nnc(-c3cccc(F)c3)n2)c(C)n1CC(F)(F)F. The number of hydrogen-bond donors (Lipinski definition) is 0. The van der Waals surface area contributed by atoms with Gasteiger partial charge in [0.15, 0.2) is 5.78 Å². The van der Waals surface area contributed by atoms with Crippen LogP contribution in [0.25, 0.3) is 11.4 Å². The third kappa shape index (κ3) is 4.21. The summed E-state index contributed by atoms with van der Waals surface area (Å²) in [4.78, 5) is 13.5. The predicted octanol–water partition coefficient (Wildman–Crippen LogP) is 3.34. The molecule has 0 bridgehead atoms. The molecule has 0 unspecified atom stereocenters. The number of Topliss-reactive ketones (excluding diaryl/α,β-unsaturated/α-hetero) is 1. The maximum atomic E-state index is 13.3. The lowest BCUT2D eigenvalue weighted by Crippen LogP contribution is -2.20. The van der Waals surface area contributed by atoms with Crippen molar-refractivity contribution in [3.8, 4) is 11.4 Å². The molecule has 0 aliphatic heterocycles. The van der Waals surface area contributed by atoms with Crippen LogP contribution < -0.4 is 0 Å².